The molecule has 1 fully saturated rings. The van der Waals surface area contributed by atoms with Gasteiger partial charge in [-0.05, 0) is 18.8 Å². The maximum Gasteiger partial charge on any atom is 0.248 e. The summed E-state index contributed by atoms with van der Waals surface area (Å²) >= 11 is 0. The van der Waals surface area contributed by atoms with Gasteiger partial charge in [0.15, 0.2) is 5.82 Å². The number of aromatic nitrogens is 2. The molecule has 6 nitrogen and oxygen atoms in total. The summed E-state index contributed by atoms with van der Waals surface area (Å²) in [7, 11) is 1.56. The Balaban J connectivity index is 1.72. The smallest absolute Gasteiger partial charge is 0.248 e. The van der Waals surface area contributed by atoms with Crippen molar-refractivity contribution in [3.8, 4) is 11.4 Å². The molecular formula is C22H28N4O2. The number of nitrogens with zero attached hydrogens (tertiary/aromatic N) is 4. The van der Waals surface area contributed by atoms with Crippen molar-refractivity contribution in [1.29, 1.82) is 0 Å². The molecule has 1 saturated heterocycles. The minimum absolute atomic E-state index is 0.0264. The second-order valence-electron chi connectivity index (χ2n) is 7.83. The van der Waals surface area contributed by atoms with E-state index < -0.39 is 0 Å². The predicted octanol–water partition coefficient (Wildman–Crippen LogP) is 2.91. The lowest BCUT2D eigenvalue weighted by atomic mass is 9.98. The maximum atomic E-state index is 12.4. The molecule has 0 spiro atoms. The van der Waals surface area contributed by atoms with Crippen molar-refractivity contribution in [2.45, 2.75) is 32.7 Å². The van der Waals surface area contributed by atoms with E-state index in [-0.39, 0.29) is 12.5 Å². The van der Waals surface area contributed by atoms with Gasteiger partial charge in [-0.25, -0.2) is 9.97 Å². The lowest BCUT2D eigenvalue weighted by molar-refractivity contribution is -0.136. The van der Waals surface area contributed by atoms with E-state index in [9.17, 15) is 4.79 Å². The molecule has 148 valence electrons. The maximum absolute atomic E-state index is 12.4. The van der Waals surface area contributed by atoms with Crippen molar-refractivity contribution < 1.29 is 9.53 Å². The Morgan fingerprint density at radius 3 is 2.61 bits per heavy atom. The van der Waals surface area contributed by atoms with Crippen LogP contribution in [0.25, 0.3) is 11.4 Å². The molecule has 0 aliphatic carbocycles. The Kier molecular flexibility index (Phi) is 5.57. The molecule has 28 heavy (non-hydrogen) atoms. The quantitative estimate of drug-likeness (QED) is 0.816. The van der Waals surface area contributed by atoms with Crippen LogP contribution in [0.3, 0.4) is 0 Å². The molecule has 4 rings (SSSR count). The van der Waals surface area contributed by atoms with E-state index in [4.69, 9.17) is 14.7 Å². The van der Waals surface area contributed by atoms with Crippen molar-refractivity contribution in [3.05, 3.63) is 41.6 Å². The summed E-state index contributed by atoms with van der Waals surface area (Å²) in [5.41, 5.74) is 3.21. The van der Waals surface area contributed by atoms with Gasteiger partial charge in [-0.1, -0.05) is 37.3 Å². The SMILES string of the molecule is COCC(=O)N1CCc2nc(-c3ccccc3)nc(N3CCC(C)CC3)c2C1. The summed E-state index contributed by atoms with van der Waals surface area (Å²) in [5, 5.41) is 0. The van der Waals surface area contributed by atoms with Crippen molar-refractivity contribution in [1.82, 2.24) is 14.9 Å². The topological polar surface area (TPSA) is 58.6 Å². The van der Waals surface area contributed by atoms with Gasteiger partial charge in [0.2, 0.25) is 5.91 Å². The number of anilines is 1. The van der Waals surface area contributed by atoms with Crippen molar-refractivity contribution in [3.63, 3.8) is 0 Å². The van der Waals surface area contributed by atoms with Crippen LogP contribution in [0.15, 0.2) is 30.3 Å². The number of amides is 1. The Hall–Kier alpha value is -2.47. The highest BCUT2D eigenvalue weighted by Crippen LogP contribution is 2.32. The molecule has 1 aromatic heterocycles. The van der Waals surface area contributed by atoms with Crippen LogP contribution in [-0.2, 0) is 22.5 Å². The molecule has 0 unspecified atom stereocenters. The van der Waals surface area contributed by atoms with E-state index in [2.05, 4.69) is 24.0 Å². The first-order chi connectivity index (χ1) is 13.7. The van der Waals surface area contributed by atoms with E-state index in [0.29, 0.717) is 13.1 Å². The molecule has 0 N–H and O–H groups in total. The number of hydrogen-bond donors (Lipinski definition) is 0. The van der Waals surface area contributed by atoms with Crippen LogP contribution in [0.1, 0.15) is 31.0 Å². The third kappa shape index (κ3) is 3.87. The van der Waals surface area contributed by atoms with Gasteiger partial charge in [-0.2, -0.15) is 0 Å². The Morgan fingerprint density at radius 2 is 1.89 bits per heavy atom. The fourth-order valence-corrected chi connectivity index (χ4v) is 4.02. The first-order valence-corrected chi connectivity index (χ1v) is 10.1. The van der Waals surface area contributed by atoms with Gasteiger partial charge in [0.25, 0.3) is 0 Å². The largest absolute Gasteiger partial charge is 0.375 e. The van der Waals surface area contributed by atoms with Crippen LogP contribution in [-0.4, -0.2) is 54.1 Å². The van der Waals surface area contributed by atoms with Crippen LogP contribution in [0.2, 0.25) is 0 Å². The third-order valence-electron chi connectivity index (χ3n) is 5.77. The van der Waals surface area contributed by atoms with E-state index in [1.807, 2.05) is 23.1 Å². The molecule has 0 radical (unpaired) electrons. The van der Waals surface area contributed by atoms with Gasteiger partial charge in [-0.15, -0.1) is 0 Å². The lowest BCUT2D eigenvalue weighted by Crippen LogP contribution is -2.41. The number of carbonyl (C=O) groups is 1. The number of benzene rings is 1. The van der Waals surface area contributed by atoms with E-state index in [0.717, 1.165) is 53.9 Å². The number of piperidine rings is 1. The molecule has 2 aliphatic heterocycles. The number of fused-ring (bicyclic) bond motifs is 1. The first kappa shape index (κ1) is 18.9. The highest BCUT2D eigenvalue weighted by Gasteiger charge is 2.29. The zero-order valence-corrected chi connectivity index (χ0v) is 16.7. The molecule has 0 bridgehead atoms. The number of ether oxygens (including phenoxy) is 1. The highest BCUT2D eigenvalue weighted by atomic mass is 16.5. The average Bonchev–Trinajstić information content (AvgIpc) is 2.74. The third-order valence-corrected chi connectivity index (χ3v) is 5.77. The molecule has 1 amide bonds. The predicted molar refractivity (Wildman–Crippen MR) is 109 cm³/mol. The summed E-state index contributed by atoms with van der Waals surface area (Å²) in [4.78, 5) is 26.5. The zero-order chi connectivity index (χ0) is 19.5. The van der Waals surface area contributed by atoms with Crippen molar-refractivity contribution in [2.24, 2.45) is 5.92 Å². The number of hydrogen-bond acceptors (Lipinski definition) is 5. The average molecular weight is 380 g/mol. The van der Waals surface area contributed by atoms with Crippen LogP contribution in [0.4, 0.5) is 5.82 Å². The zero-order valence-electron chi connectivity index (χ0n) is 16.7. The molecule has 1 aromatic carbocycles. The normalized spacial score (nSPS) is 17.5. The Morgan fingerprint density at radius 1 is 1.14 bits per heavy atom. The summed E-state index contributed by atoms with van der Waals surface area (Å²) in [6.45, 7) is 5.68. The molecule has 6 heteroatoms. The number of carbonyl (C=O) groups excluding carboxylic acids is 1. The fourth-order valence-electron chi connectivity index (χ4n) is 4.02. The summed E-state index contributed by atoms with van der Waals surface area (Å²) < 4.78 is 5.05. The van der Waals surface area contributed by atoms with E-state index >= 15 is 0 Å². The van der Waals surface area contributed by atoms with Gasteiger partial charge in [-0.3, -0.25) is 4.79 Å². The summed E-state index contributed by atoms with van der Waals surface area (Å²) in [5.74, 6) is 2.57. The monoisotopic (exact) mass is 380 g/mol. The van der Waals surface area contributed by atoms with E-state index in [1.165, 1.54) is 12.8 Å². The molecule has 0 atom stereocenters. The number of methoxy groups -OCH3 is 1. The van der Waals surface area contributed by atoms with E-state index in [1.54, 1.807) is 7.11 Å². The lowest BCUT2D eigenvalue weighted by Gasteiger charge is -2.36. The van der Waals surface area contributed by atoms with Gasteiger partial charge in [0, 0.05) is 44.3 Å². The highest BCUT2D eigenvalue weighted by molar-refractivity contribution is 5.78. The molecular weight excluding hydrogens is 352 g/mol. The van der Waals surface area contributed by atoms with Crippen LogP contribution in [0.5, 0.6) is 0 Å². The van der Waals surface area contributed by atoms with Gasteiger partial charge >= 0.3 is 0 Å². The van der Waals surface area contributed by atoms with Crippen molar-refractivity contribution >= 4 is 11.7 Å². The minimum Gasteiger partial charge on any atom is -0.375 e. The molecule has 2 aliphatic rings. The summed E-state index contributed by atoms with van der Waals surface area (Å²) in [6.07, 6.45) is 3.10. The first-order valence-electron chi connectivity index (χ1n) is 10.1. The van der Waals surface area contributed by atoms with Gasteiger partial charge in [0.1, 0.15) is 12.4 Å². The Labute approximate surface area is 166 Å². The van der Waals surface area contributed by atoms with Crippen LogP contribution >= 0.6 is 0 Å². The second kappa shape index (κ2) is 8.27. The summed E-state index contributed by atoms with van der Waals surface area (Å²) in [6, 6.07) is 10.2. The number of rotatable bonds is 4. The Bertz CT molecular complexity index is 832. The molecule has 0 saturated carbocycles. The van der Waals surface area contributed by atoms with Gasteiger partial charge < -0.3 is 14.5 Å². The standard InChI is InChI=1S/C22H28N4O2/c1-16-8-11-25(12-9-16)22-18-14-26(20(27)15-28-2)13-10-19(18)23-21(24-22)17-6-4-3-5-7-17/h3-7,16H,8-15H2,1-2H3. The second-order valence-corrected chi connectivity index (χ2v) is 7.83. The minimum atomic E-state index is 0.0264. The van der Waals surface area contributed by atoms with Crippen LogP contribution < -0.4 is 4.90 Å². The van der Waals surface area contributed by atoms with Crippen LogP contribution in [0, 0.1) is 5.92 Å². The van der Waals surface area contributed by atoms with Crippen molar-refractivity contribution in [2.75, 3.05) is 38.3 Å². The van der Waals surface area contributed by atoms with Gasteiger partial charge in [0.05, 0.1) is 12.2 Å². The fraction of sp³-hybridized carbons (Fsp3) is 0.500. The molecule has 2 aromatic rings. The molecule has 3 heterocycles.